The molecule has 1 saturated heterocycles. The summed E-state index contributed by atoms with van der Waals surface area (Å²) >= 11 is 0. The highest BCUT2D eigenvalue weighted by Crippen LogP contribution is 2.31. The number of aryl methyl sites for hydroxylation is 1. The van der Waals surface area contributed by atoms with Crippen molar-refractivity contribution in [2.75, 3.05) is 52.3 Å². The number of nitrogens with one attached hydrogen (secondary N) is 1. The SMILES string of the molecule is Cc1cccc2nc(NC(=O)c3cccc(C(F)(F)F)c3)n(C3COCCN(C(=O)/C=C/CN(C)C)C3)c12. The van der Waals surface area contributed by atoms with Gasteiger partial charge in [0.15, 0.2) is 0 Å². The van der Waals surface area contributed by atoms with E-state index >= 15 is 0 Å². The lowest BCUT2D eigenvalue weighted by atomic mass is 10.1. The number of benzene rings is 2. The van der Waals surface area contributed by atoms with Gasteiger partial charge in [-0.25, -0.2) is 4.98 Å². The molecule has 1 aliphatic rings. The zero-order valence-electron chi connectivity index (χ0n) is 21.5. The lowest BCUT2D eigenvalue weighted by Crippen LogP contribution is -2.36. The number of hydrogen-bond donors (Lipinski definition) is 1. The van der Waals surface area contributed by atoms with Crippen molar-refractivity contribution in [3.8, 4) is 0 Å². The molecule has 1 aliphatic heterocycles. The standard InChI is InChI=1S/C27H30F3N5O3/c1-18-7-4-10-22-24(18)35(21-16-34(13-14-38-17-21)23(36)11-6-12-33(2)3)26(31-22)32-25(37)19-8-5-9-20(15-19)27(28,29)30/h4-11,15,21H,12-14,16-17H2,1-3H3,(H,31,32,37)/b11-6+. The molecule has 0 saturated carbocycles. The number of rotatable bonds is 6. The predicted molar refractivity (Wildman–Crippen MR) is 138 cm³/mol. The van der Waals surface area contributed by atoms with Crippen LogP contribution in [0.15, 0.2) is 54.6 Å². The summed E-state index contributed by atoms with van der Waals surface area (Å²) in [4.78, 5) is 34.2. The number of halogens is 3. The molecule has 0 bridgehead atoms. The summed E-state index contributed by atoms with van der Waals surface area (Å²) in [7, 11) is 3.82. The molecule has 8 nitrogen and oxygen atoms in total. The van der Waals surface area contributed by atoms with Crippen molar-refractivity contribution >= 4 is 28.8 Å². The molecule has 1 unspecified atom stereocenters. The van der Waals surface area contributed by atoms with Gasteiger partial charge in [0, 0.05) is 31.3 Å². The van der Waals surface area contributed by atoms with Crippen LogP contribution in [0.4, 0.5) is 19.1 Å². The highest BCUT2D eigenvalue weighted by atomic mass is 19.4. The number of para-hydroxylation sites is 1. The topological polar surface area (TPSA) is 79.7 Å². The molecule has 1 fully saturated rings. The van der Waals surface area contributed by atoms with Gasteiger partial charge in [-0.3, -0.25) is 14.9 Å². The minimum absolute atomic E-state index is 0.143. The van der Waals surface area contributed by atoms with Crippen LogP contribution in [0.5, 0.6) is 0 Å². The third-order valence-corrected chi connectivity index (χ3v) is 6.24. The van der Waals surface area contributed by atoms with Crippen LogP contribution in [0.1, 0.15) is 27.5 Å². The van der Waals surface area contributed by atoms with Crippen molar-refractivity contribution in [1.29, 1.82) is 0 Å². The molecule has 0 aliphatic carbocycles. The average Bonchev–Trinajstić information content (AvgIpc) is 3.05. The average molecular weight is 530 g/mol. The lowest BCUT2D eigenvalue weighted by Gasteiger charge is -2.25. The highest BCUT2D eigenvalue weighted by Gasteiger charge is 2.31. The number of fused-ring (bicyclic) bond motifs is 1. The minimum atomic E-state index is -4.57. The zero-order valence-corrected chi connectivity index (χ0v) is 21.5. The summed E-state index contributed by atoms with van der Waals surface area (Å²) in [6.45, 7) is 3.84. The predicted octanol–water partition coefficient (Wildman–Crippen LogP) is 4.13. The van der Waals surface area contributed by atoms with E-state index in [1.807, 2.05) is 42.6 Å². The lowest BCUT2D eigenvalue weighted by molar-refractivity contribution is -0.137. The summed E-state index contributed by atoms with van der Waals surface area (Å²) in [6, 6.07) is 9.37. The van der Waals surface area contributed by atoms with Crippen molar-refractivity contribution in [3.05, 3.63) is 71.3 Å². The largest absolute Gasteiger partial charge is 0.416 e. The molecule has 0 radical (unpaired) electrons. The Morgan fingerprint density at radius 3 is 2.71 bits per heavy atom. The Bertz CT molecular complexity index is 1350. The number of hydrogen-bond acceptors (Lipinski definition) is 5. The summed E-state index contributed by atoms with van der Waals surface area (Å²) in [5.41, 5.74) is 1.19. The first kappa shape index (κ1) is 27.3. The number of ether oxygens (including phenoxy) is 1. The number of likely N-dealkylation sites (N-methyl/N-ethyl adjacent to an activating group) is 1. The fourth-order valence-electron chi connectivity index (χ4n) is 4.39. The van der Waals surface area contributed by atoms with Crippen molar-refractivity contribution in [2.24, 2.45) is 0 Å². The summed E-state index contributed by atoms with van der Waals surface area (Å²) < 4.78 is 47.3. The van der Waals surface area contributed by atoms with E-state index in [0.717, 1.165) is 23.2 Å². The molecule has 3 aromatic rings. The number of anilines is 1. The molecule has 0 spiro atoms. The third kappa shape index (κ3) is 6.22. The van der Waals surface area contributed by atoms with E-state index in [1.165, 1.54) is 18.2 Å². The highest BCUT2D eigenvalue weighted by molar-refractivity contribution is 6.04. The molecular formula is C27H30F3N5O3. The fraction of sp³-hybridized carbons (Fsp3) is 0.370. The van der Waals surface area contributed by atoms with Gasteiger partial charge in [-0.2, -0.15) is 13.2 Å². The summed E-state index contributed by atoms with van der Waals surface area (Å²) in [5, 5.41) is 2.70. The second-order valence-electron chi connectivity index (χ2n) is 9.46. The van der Waals surface area contributed by atoms with Crippen molar-refractivity contribution in [3.63, 3.8) is 0 Å². The van der Waals surface area contributed by atoms with Crippen LogP contribution >= 0.6 is 0 Å². The van der Waals surface area contributed by atoms with E-state index in [1.54, 1.807) is 17.0 Å². The van der Waals surface area contributed by atoms with Gasteiger partial charge in [-0.05, 0) is 50.8 Å². The zero-order chi connectivity index (χ0) is 27.4. The smallest absolute Gasteiger partial charge is 0.377 e. The molecule has 11 heteroatoms. The van der Waals surface area contributed by atoms with Crippen LogP contribution in [0.3, 0.4) is 0 Å². The Hall–Kier alpha value is -3.70. The van der Waals surface area contributed by atoms with Gasteiger partial charge < -0.3 is 19.1 Å². The molecule has 4 rings (SSSR count). The monoisotopic (exact) mass is 529 g/mol. The Morgan fingerprint density at radius 1 is 1.21 bits per heavy atom. The molecule has 2 heterocycles. The molecule has 202 valence electrons. The molecule has 2 aromatic carbocycles. The molecule has 1 aromatic heterocycles. The number of alkyl halides is 3. The van der Waals surface area contributed by atoms with Crippen LogP contribution in [-0.4, -0.2) is 78.1 Å². The molecule has 2 amide bonds. The second-order valence-corrected chi connectivity index (χ2v) is 9.46. The Kier molecular flexibility index (Phi) is 8.17. The van der Waals surface area contributed by atoms with E-state index in [2.05, 4.69) is 10.3 Å². The van der Waals surface area contributed by atoms with E-state index in [4.69, 9.17) is 4.74 Å². The van der Waals surface area contributed by atoms with E-state index in [9.17, 15) is 22.8 Å². The summed E-state index contributed by atoms with van der Waals surface area (Å²) in [5.74, 6) is -0.708. The maximum Gasteiger partial charge on any atom is 0.416 e. The maximum absolute atomic E-state index is 13.2. The quantitative estimate of drug-likeness (QED) is 0.486. The number of amides is 2. The first-order valence-electron chi connectivity index (χ1n) is 12.2. The van der Waals surface area contributed by atoms with Gasteiger partial charge in [-0.1, -0.05) is 24.3 Å². The van der Waals surface area contributed by atoms with Gasteiger partial charge in [0.2, 0.25) is 11.9 Å². The molecular weight excluding hydrogens is 499 g/mol. The van der Waals surface area contributed by atoms with E-state index < -0.39 is 23.7 Å². The Labute approximate surface area is 218 Å². The van der Waals surface area contributed by atoms with E-state index in [-0.39, 0.29) is 24.0 Å². The van der Waals surface area contributed by atoms with Crippen molar-refractivity contribution in [2.45, 2.75) is 19.1 Å². The van der Waals surface area contributed by atoms with Crippen molar-refractivity contribution < 1.29 is 27.5 Å². The van der Waals surface area contributed by atoms with Crippen molar-refractivity contribution in [1.82, 2.24) is 19.4 Å². The van der Waals surface area contributed by atoms with Crippen LogP contribution in [-0.2, 0) is 15.7 Å². The van der Waals surface area contributed by atoms with Crippen LogP contribution in [0.2, 0.25) is 0 Å². The summed E-state index contributed by atoms with van der Waals surface area (Å²) in [6.07, 6.45) is -1.24. The second kappa shape index (κ2) is 11.4. The van der Waals surface area contributed by atoms with Gasteiger partial charge in [0.1, 0.15) is 0 Å². The maximum atomic E-state index is 13.2. The third-order valence-electron chi connectivity index (χ3n) is 6.24. The molecule has 1 N–H and O–H groups in total. The number of nitrogens with zero attached hydrogens (tertiary/aromatic N) is 4. The molecule has 1 atom stereocenters. The van der Waals surface area contributed by atoms with Gasteiger partial charge >= 0.3 is 6.18 Å². The Morgan fingerprint density at radius 2 is 1.97 bits per heavy atom. The van der Waals surface area contributed by atoms with Gasteiger partial charge in [0.05, 0.1) is 35.9 Å². The number of carbonyl (C=O) groups excluding carboxylic acids is 2. The van der Waals surface area contributed by atoms with Gasteiger partial charge in [0.25, 0.3) is 5.91 Å². The van der Waals surface area contributed by atoms with Gasteiger partial charge in [-0.15, -0.1) is 0 Å². The number of imidazole rings is 1. The van der Waals surface area contributed by atoms with Crippen LogP contribution < -0.4 is 5.32 Å². The number of aromatic nitrogens is 2. The Balaban J connectivity index is 1.68. The van der Waals surface area contributed by atoms with Crippen LogP contribution in [0.25, 0.3) is 11.0 Å². The fourth-order valence-corrected chi connectivity index (χ4v) is 4.39. The molecule has 38 heavy (non-hydrogen) atoms. The van der Waals surface area contributed by atoms with E-state index in [0.29, 0.717) is 31.8 Å². The number of carbonyl (C=O) groups is 2. The van der Waals surface area contributed by atoms with Crippen LogP contribution in [0, 0.1) is 6.92 Å². The minimum Gasteiger partial charge on any atom is -0.377 e. The first-order chi connectivity index (χ1) is 18.0. The first-order valence-corrected chi connectivity index (χ1v) is 12.2. The normalized spacial score (nSPS) is 16.8.